The molecule has 2 aromatic rings. The van der Waals surface area contributed by atoms with Crippen molar-refractivity contribution in [1.29, 1.82) is 0 Å². The van der Waals surface area contributed by atoms with Crippen LogP contribution in [0.25, 0.3) is 0 Å². The van der Waals surface area contributed by atoms with Crippen molar-refractivity contribution in [3.63, 3.8) is 0 Å². The Morgan fingerprint density at radius 2 is 2.29 bits per heavy atom. The number of carbonyl (C=O) groups is 1. The summed E-state index contributed by atoms with van der Waals surface area (Å²) in [6.07, 6.45) is 3.02. The van der Waals surface area contributed by atoms with Gasteiger partial charge in [-0.25, -0.2) is 10.8 Å². The minimum absolute atomic E-state index is 0.236. The highest BCUT2D eigenvalue weighted by Crippen LogP contribution is 2.05. The number of hydrogen-bond donors (Lipinski definition) is 3. The second kappa shape index (κ2) is 5.08. The average molecular weight is 233 g/mol. The van der Waals surface area contributed by atoms with E-state index in [1.54, 1.807) is 18.2 Å². The maximum absolute atomic E-state index is 11.7. The Labute approximate surface area is 97.0 Å². The fourth-order valence-corrected chi connectivity index (χ4v) is 1.25. The molecule has 0 aliphatic carbocycles. The monoisotopic (exact) mass is 233 g/mol. The van der Waals surface area contributed by atoms with Crippen molar-refractivity contribution in [3.8, 4) is 0 Å². The standard InChI is InChI=1S/C10H11N5O2/c11-15-9-5-7(1-3-12-9)10(16)13-6-8-2-4-14-17-8/h1-5H,6,11H2,(H,12,15)(H,13,16). The summed E-state index contributed by atoms with van der Waals surface area (Å²) in [7, 11) is 0. The molecule has 0 aliphatic heterocycles. The molecule has 7 heteroatoms. The van der Waals surface area contributed by atoms with Gasteiger partial charge in [0.05, 0.1) is 12.7 Å². The molecule has 2 aromatic heterocycles. The molecule has 0 atom stereocenters. The lowest BCUT2D eigenvalue weighted by Gasteiger charge is -2.04. The second-order valence-corrected chi connectivity index (χ2v) is 3.24. The van der Waals surface area contributed by atoms with Crippen molar-refractivity contribution in [2.75, 3.05) is 5.43 Å². The number of pyridine rings is 1. The first-order valence-electron chi connectivity index (χ1n) is 4.90. The quantitative estimate of drug-likeness (QED) is 0.517. The minimum Gasteiger partial charge on any atom is -0.360 e. The second-order valence-electron chi connectivity index (χ2n) is 3.24. The molecule has 1 amide bonds. The fourth-order valence-electron chi connectivity index (χ4n) is 1.25. The van der Waals surface area contributed by atoms with Gasteiger partial charge in [-0.2, -0.15) is 0 Å². The van der Waals surface area contributed by atoms with Crippen molar-refractivity contribution in [2.24, 2.45) is 5.84 Å². The Morgan fingerprint density at radius 3 is 3.00 bits per heavy atom. The SMILES string of the molecule is NNc1cc(C(=O)NCc2ccno2)ccn1. The number of nitrogens with one attached hydrogen (secondary N) is 2. The third kappa shape index (κ3) is 2.79. The highest BCUT2D eigenvalue weighted by atomic mass is 16.5. The number of carbonyl (C=O) groups excluding carboxylic acids is 1. The molecule has 0 aliphatic rings. The van der Waals surface area contributed by atoms with Crippen LogP contribution in [0.1, 0.15) is 16.1 Å². The van der Waals surface area contributed by atoms with Crippen LogP contribution in [0.5, 0.6) is 0 Å². The maximum Gasteiger partial charge on any atom is 0.251 e. The van der Waals surface area contributed by atoms with Crippen molar-refractivity contribution in [2.45, 2.75) is 6.54 Å². The number of nitrogens with zero attached hydrogens (tertiary/aromatic N) is 2. The van der Waals surface area contributed by atoms with E-state index >= 15 is 0 Å². The summed E-state index contributed by atoms with van der Waals surface area (Å²) in [6, 6.07) is 4.83. The van der Waals surface area contributed by atoms with Gasteiger partial charge in [0.1, 0.15) is 5.82 Å². The van der Waals surface area contributed by atoms with Gasteiger partial charge in [-0.1, -0.05) is 5.16 Å². The molecular formula is C10H11N5O2. The lowest BCUT2D eigenvalue weighted by molar-refractivity contribution is 0.0947. The van der Waals surface area contributed by atoms with Gasteiger partial charge in [0, 0.05) is 17.8 Å². The van der Waals surface area contributed by atoms with Crippen LogP contribution in [-0.2, 0) is 6.54 Å². The number of aromatic nitrogens is 2. The highest BCUT2D eigenvalue weighted by molar-refractivity contribution is 5.94. The molecule has 0 bridgehead atoms. The zero-order valence-corrected chi connectivity index (χ0v) is 8.88. The number of hydrazine groups is 1. The molecule has 88 valence electrons. The molecule has 7 nitrogen and oxygen atoms in total. The topological polar surface area (TPSA) is 106 Å². The Balaban J connectivity index is 1.99. The van der Waals surface area contributed by atoms with Crippen molar-refractivity contribution in [1.82, 2.24) is 15.5 Å². The lowest BCUT2D eigenvalue weighted by atomic mass is 10.2. The van der Waals surface area contributed by atoms with Crippen LogP contribution in [-0.4, -0.2) is 16.0 Å². The van der Waals surface area contributed by atoms with Gasteiger partial charge in [0.25, 0.3) is 5.91 Å². The van der Waals surface area contributed by atoms with Crippen LogP contribution >= 0.6 is 0 Å². The number of nitrogens with two attached hydrogens (primary N) is 1. The van der Waals surface area contributed by atoms with E-state index in [2.05, 4.69) is 20.9 Å². The Hall–Kier alpha value is -2.41. The van der Waals surface area contributed by atoms with Crippen LogP contribution in [0.3, 0.4) is 0 Å². The Kier molecular flexibility index (Phi) is 3.31. The van der Waals surface area contributed by atoms with E-state index in [-0.39, 0.29) is 12.5 Å². The zero-order valence-electron chi connectivity index (χ0n) is 8.88. The third-order valence-electron chi connectivity index (χ3n) is 2.08. The summed E-state index contributed by atoms with van der Waals surface area (Å²) in [5.74, 6) is 5.98. The predicted molar refractivity (Wildman–Crippen MR) is 59.7 cm³/mol. The summed E-state index contributed by atoms with van der Waals surface area (Å²) >= 11 is 0. The number of amides is 1. The van der Waals surface area contributed by atoms with E-state index in [0.717, 1.165) is 0 Å². The molecule has 0 fully saturated rings. The fraction of sp³-hybridized carbons (Fsp3) is 0.100. The minimum atomic E-state index is -0.236. The van der Waals surface area contributed by atoms with Gasteiger partial charge in [-0.15, -0.1) is 0 Å². The van der Waals surface area contributed by atoms with E-state index in [4.69, 9.17) is 10.4 Å². The van der Waals surface area contributed by atoms with Gasteiger partial charge in [0.15, 0.2) is 5.76 Å². The molecule has 0 unspecified atom stereocenters. The predicted octanol–water partition coefficient (Wildman–Crippen LogP) is 0.285. The lowest BCUT2D eigenvalue weighted by Crippen LogP contribution is -2.23. The molecule has 2 rings (SSSR count). The summed E-state index contributed by atoms with van der Waals surface area (Å²) in [6.45, 7) is 0.284. The molecule has 0 saturated heterocycles. The molecule has 4 N–H and O–H groups in total. The smallest absolute Gasteiger partial charge is 0.251 e. The maximum atomic E-state index is 11.7. The zero-order chi connectivity index (χ0) is 12.1. The number of hydrogen-bond acceptors (Lipinski definition) is 6. The van der Waals surface area contributed by atoms with Crippen LogP contribution < -0.4 is 16.6 Å². The van der Waals surface area contributed by atoms with E-state index < -0.39 is 0 Å². The largest absolute Gasteiger partial charge is 0.360 e. The van der Waals surface area contributed by atoms with Crippen LogP contribution in [0.4, 0.5) is 5.82 Å². The summed E-state index contributed by atoms with van der Waals surface area (Å²) in [4.78, 5) is 15.6. The summed E-state index contributed by atoms with van der Waals surface area (Å²) in [5.41, 5.74) is 2.84. The molecule has 2 heterocycles. The first kappa shape index (κ1) is 11.1. The molecule has 0 aromatic carbocycles. The normalized spacial score (nSPS) is 9.94. The third-order valence-corrected chi connectivity index (χ3v) is 2.08. The van der Waals surface area contributed by atoms with Crippen molar-refractivity contribution >= 4 is 11.7 Å². The molecular weight excluding hydrogens is 222 g/mol. The van der Waals surface area contributed by atoms with Gasteiger partial charge in [-0.05, 0) is 12.1 Å². The summed E-state index contributed by atoms with van der Waals surface area (Å²) < 4.78 is 4.86. The van der Waals surface area contributed by atoms with Crippen molar-refractivity contribution < 1.29 is 9.32 Å². The molecule has 0 spiro atoms. The van der Waals surface area contributed by atoms with E-state index in [1.165, 1.54) is 12.4 Å². The number of rotatable bonds is 4. The number of anilines is 1. The van der Waals surface area contributed by atoms with Crippen LogP contribution in [0.15, 0.2) is 35.1 Å². The van der Waals surface area contributed by atoms with Crippen molar-refractivity contribution in [3.05, 3.63) is 41.9 Å². The van der Waals surface area contributed by atoms with Gasteiger partial charge in [0.2, 0.25) is 0 Å². The molecule has 0 radical (unpaired) electrons. The van der Waals surface area contributed by atoms with E-state index in [0.29, 0.717) is 17.1 Å². The Bertz CT molecular complexity index is 497. The average Bonchev–Trinajstić information content (AvgIpc) is 2.89. The molecule has 17 heavy (non-hydrogen) atoms. The number of nitrogen functional groups attached to an aromatic ring is 1. The molecule has 0 saturated carbocycles. The van der Waals surface area contributed by atoms with E-state index in [1.807, 2.05) is 0 Å². The highest BCUT2D eigenvalue weighted by Gasteiger charge is 2.07. The first-order valence-corrected chi connectivity index (χ1v) is 4.90. The summed E-state index contributed by atoms with van der Waals surface area (Å²) in [5, 5.41) is 6.22. The van der Waals surface area contributed by atoms with Gasteiger partial charge >= 0.3 is 0 Å². The van der Waals surface area contributed by atoms with Gasteiger partial charge in [-0.3, -0.25) is 4.79 Å². The Morgan fingerprint density at radius 1 is 1.41 bits per heavy atom. The van der Waals surface area contributed by atoms with E-state index in [9.17, 15) is 4.79 Å². The first-order chi connectivity index (χ1) is 8.29. The van der Waals surface area contributed by atoms with Gasteiger partial charge < -0.3 is 15.3 Å². The van der Waals surface area contributed by atoms with Crippen LogP contribution in [0, 0.1) is 0 Å². The van der Waals surface area contributed by atoms with Crippen LogP contribution in [0.2, 0.25) is 0 Å².